The first-order valence-corrected chi connectivity index (χ1v) is 5.92. The Morgan fingerprint density at radius 3 is 2.87 bits per heavy atom. The van der Waals surface area contributed by atoms with Gasteiger partial charge in [-0.05, 0) is 13.3 Å². The fourth-order valence-corrected chi connectivity index (χ4v) is 1.64. The topological polar surface area (TPSA) is 29.9 Å². The Hall–Kier alpha value is -0.830. The van der Waals surface area contributed by atoms with Gasteiger partial charge in [0.1, 0.15) is 0 Å². The molecule has 15 heavy (non-hydrogen) atoms. The van der Waals surface area contributed by atoms with Crippen molar-refractivity contribution < 1.29 is 0 Å². The number of aryl methyl sites for hydroxylation is 1. The quantitative estimate of drug-likeness (QED) is 0.699. The van der Waals surface area contributed by atoms with Gasteiger partial charge in [-0.15, -0.1) is 0 Å². The molecule has 0 saturated heterocycles. The molecule has 0 aliphatic heterocycles. The predicted molar refractivity (Wildman–Crippen MR) is 63.7 cm³/mol. The normalized spacial score (nSPS) is 13.0. The molecule has 3 heteroatoms. The van der Waals surface area contributed by atoms with Gasteiger partial charge in [0.05, 0.1) is 12.0 Å². The van der Waals surface area contributed by atoms with Crippen LogP contribution in [0.3, 0.4) is 0 Å². The van der Waals surface area contributed by atoms with Crippen LogP contribution in [0.25, 0.3) is 0 Å². The maximum Gasteiger partial charge on any atom is 0.0945 e. The van der Waals surface area contributed by atoms with Crippen molar-refractivity contribution in [3.8, 4) is 0 Å². The minimum absolute atomic E-state index is 0.603. The first-order valence-electron chi connectivity index (χ1n) is 5.92. The summed E-state index contributed by atoms with van der Waals surface area (Å²) < 4.78 is 2.06. The Labute approximate surface area is 92.9 Å². The molecule has 1 N–H and O–H groups in total. The van der Waals surface area contributed by atoms with Crippen molar-refractivity contribution in [2.75, 3.05) is 0 Å². The van der Waals surface area contributed by atoms with E-state index < -0.39 is 0 Å². The van der Waals surface area contributed by atoms with Crippen molar-refractivity contribution in [2.24, 2.45) is 7.05 Å². The third-order valence-electron chi connectivity index (χ3n) is 2.79. The Bertz CT molecular complexity index is 268. The van der Waals surface area contributed by atoms with Crippen LogP contribution in [0.1, 0.15) is 45.2 Å². The number of hydrogen-bond donors (Lipinski definition) is 1. The molecule has 1 aromatic heterocycles. The van der Waals surface area contributed by atoms with E-state index in [9.17, 15) is 0 Å². The number of rotatable bonds is 7. The SMILES string of the molecule is CCCCCC(C)NCc1cncn1C. The van der Waals surface area contributed by atoms with Gasteiger partial charge < -0.3 is 9.88 Å². The lowest BCUT2D eigenvalue weighted by molar-refractivity contribution is 0.480. The molecule has 0 aromatic carbocycles. The minimum atomic E-state index is 0.603. The van der Waals surface area contributed by atoms with Gasteiger partial charge in [0.2, 0.25) is 0 Å². The summed E-state index contributed by atoms with van der Waals surface area (Å²) in [5.41, 5.74) is 1.25. The van der Waals surface area contributed by atoms with E-state index in [-0.39, 0.29) is 0 Å². The minimum Gasteiger partial charge on any atom is -0.337 e. The molecule has 0 radical (unpaired) electrons. The molecule has 86 valence electrons. The van der Waals surface area contributed by atoms with E-state index in [0.29, 0.717) is 6.04 Å². The van der Waals surface area contributed by atoms with Crippen molar-refractivity contribution in [3.05, 3.63) is 18.2 Å². The molecule has 1 heterocycles. The lowest BCUT2D eigenvalue weighted by atomic mass is 10.1. The van der Waals surface area contributed by atoms with Gasteiger partial charge in [0, 0.05) is 25.8 Å². The molecule has 0 aliphatic rings. The fourth-order valence-electron chi connectivity index (χ4n) is 1.64. The average Bonchev–Trinajstić information content (AvgIpc) is 2.61. The second-order valence-corrected chi connectivity index (χ2v) is 4.27. The zero-order valence-electron chi connectivity index (χ0n) is 10.2. The second-order valence-electron chi connectivity index (χ2n) is 4.27. The molecule has 0 fully saturated rings. The van der Waals surface area contributed by atoms with Gasteiger partial charge >= 0.3 is 0 Å². The van der Waals surface area contributed by atoms with E-state index in [0.717, 1.165) is 6.54 Å². The Balaban J connectivity index is 2.16. The number of imidazole rings is 1. The van der Waals surface area contributed by atoms with Gasteiger partial charge in [-0.3, -0.25) is 0 Å². The van der Waals surface area contributed by atoms with Gasteiger partial charge in [0.15, 0.2) is 0 Å². The predicted octanol–water partition coefficient (Wildman–Crippen LogP) is 2.48. The zero-order chi connectivity index (χ0) is 11.1. The van der Waals surface area contributed by atoms with Crippen LogP contribution < -0.4 is 5.32 Å². The van der Waals surface area contributed by atoms with E-state index in [4.69, 9.17) is 0 Å². The summed E-state index contributed by atoms with van der Waals surface area (Å²) in [7, 11) is 2.03. The summed E-state index contributed by atoms with van der Waals surface area (Å²) >= 11 is 0. The van der Waals surface area contributed by atoms with Crippen LogP contribution in [0.4, 0.5) is 0 Å². The third kappa shape index (κ3) is 4.47. The van der Waals surface area contributed by atoms with Gasteiger partial charge in [-0.2, -0.15) is 0 Å². The van der Waals surface area contributed by atoms with Crippen LogP contribution in [0.15, 0.2) is 12.5 Å². The molecular weight excluding hydrogens is 186 g/mol. The van der Waals surface area contributed by atoms with Crippen molar-refractivity contribution in [2.45, 2.75) is 52.1 Å². The number of aromatic nitrogens is 2. The van der Waals surface area contributed by atoms with E-state index in [1.807, 2.05) is 19.6 Å². The summed E-state index contributed by atoms with van der Waals surface area (Å²) in [6.45, 7) is 5.42. The summed E-state index contributed by atoms with van der Waals surface area (Å²) in [6.07, 6.45) is 9.01. The molecule has 0 saturated carbocycles. The first kappa shape index (κ1) is 12.2. The van der Waals surface area contributed by atoms with Crippen LogP contribution in [0.5, 0.6) is 0 Å². The lowest BCUT2D eigenvalue weighted by Crippen LogP contribution is -2.26. The Morgan fingerprint density at radius 2 is 2.27 bits per heavy atom. The van der Waals surface area contributed by atoms with E-state index in [1.165, 1.54) is 31.4 Å². The summed E-state index contributed by atoms with van der Waals surface area (Å²) in [6, 6.07) is 0.603. The third-order valence-corrected chi connectivity index (χ3v) is 2.79. The monoisotopic (exact) mass is 209 g/mol. The second kappa shape index (κ2) is 6.62. The molecule has 0 amide bonds. The molecule has 1 aromatic rings. The summed E-state index contributed by atoms with van der Waals surface area (Å²) in [5, 5.41) is 3.52. The standard InChI is InChI=1S/C12H23N3/c1-4-5-6-7-11(2)14-9-12-8-13-10-15(12)3/h8,10-11,14H,4-7,9H2,1-3H3. The van der Waals surface area contributed by atoms with E-state index >= 15 is 0 Å². The van der Waals surface area contributed by atoms with Crippen LogP contribution in [0.2, 0.25) is 0 Å². The smallest absolute Gasteiger partial charge is 0.0945 e. The lowest BCUT2D eigenvalue weighted by Gasteiger charge is -2.13. The van der Waals surface area contributed by atoms with Crippen LogP contribution in [0, 0.1) is 0 Å². The molecule has 1 atom stereocenters. The molecule has 1 rings (SSSR count). The van der Waals surface area contributed by atoms with E-state index in [2.05, 4.69) is 28.7 Å². The summed E-state index contributed by atoms with van der Waals surface area (Å²) in [4.78, 5) is 4.10. The highest BCUT2D eigenvalue weighted by Crippen LogP contribution is 2.04. The number of hydrogen-bond acceptors (Lipinski definition) is 2. The van der Waals surface area contributed by atoms with Crippen molar-refractivity contribution in [3.63, 3.8) is 0 Å². The fraction of sp³-hybridized carbons (Fsp3) is 0.750. The highest BCUT2D eigenvalue weighted by molar-refractivity contribution is 4.96. The van der Waals surface area contributed by atoms with Crippen LogP contribution in [-0.4, -0.2) is 15.6 Å². The van der Waals surface area contributed by atoms with Crippen LogP contribution >= 0.6 is 0 Å². The highest BCUT2D eigenvalue weighted by Gasteiger charge is 2.02. The van der Waals surface area contributed by atoms with E-state index in [1.54, 1.807) is 0 Å². The highest BCUT2D eigenvalue weighted by atomic mass is 15.0. The number of nitrogens with one attached hydrogen (secondary N) is 1. The van der Waals surface area contributed by atoms with Gasteiger partial charge in [0.25, 0.3) is 0 Å². The number of unbranched alkanes of at least 4 members (excludes halogenated alkanes) is 2. The molecular formula is C12H23N3. The number of nitrogens with zero attached hydrogens (tertiary/aromatic N) is 2. The van der Waals surface area contributed by atoms with Crippen molar-refractivity contribution in [1.82, 2.24) is 14.9 Å². The van der Waals surface area contributed by atoms with Crippen molar-refractivity contribution in [1.29, 1.82) is 0 Å². The zero-order valence-corrected chi connectivity index (χ0v) is 10.2. The Kier molecular flexibility index (Phi) is 5.40. The molecule has 0 bridgehead atoms. The van der Waals surface area contributed by atoms with Gasteiger partial charge in [-0.25, -0.2) is 4.98 Å². The maximum absolute atomic E-state index is 4.10. The Morgan fingerprint density at radius 1 is 1.47 bits per heavy atom. The first-order chi connectivity index (χ1) is 7.24. The molecule has 0 aliphatic carbocycles. The maximum atomic E-state index is 4.10. The molecule has 1 unspecified atom stereocenters. The average molecular weight is 209 g/mol. The van der Waals surface area contributed by atoms with Gasteiger partial charge in [-0.1, -0.05) is 26.2 Å². The van der Waals surface area contributed by atoms with Crippen LogP contribution in [-0.2, 0) is 13.6 Å². The molecule has 0 spiro atoms. The summed E-state index contributed by atoms with van der Waals surface area (Å²) in [5.74, 6) is 0. The molecule has 3 nitrogen and oxygen atoms in total. The largest absolute Gasteiger partial charge is 0.337 e. The van der Waals surface area contributed by atoms with Crippen molar-refractivity contribution >= 4 is 0 Å².